The molecule has 2 heterocycles. The number of piperidine rings is 1. The molecule has 0 saturated carbocycles. The minimum atomic E-state index is -0.0929. The van der Waals surface area contributed by atoms with Crippen LogP contribution in [0.3, 0.4) is 0 Å². The van der Waals surface area contributed by atoms with Crippen LogP contribution in [0.5, 0.6) is 16.7 Å². The van der Waals surface area contributed by atoms with Gasteiger partial charge in [-0.1, -0.05) is 11.3 Å². The minimum Gasteiger partial charge on any atom is -0.497 e. The van der Waals surface area contributed by atoms with Crippen molar-refractivity contribution in [2.75, 3.05) is 32.1 Å². The Labute approximate surface area is 179 Å². The van der Waals surface area contributed by atoms with Crippen molar-refractivity contribution in [1.82, 2.24) is 9.88 Å². The van der Waals surface area contributed by atoms with Crippen molar-refractivity contribution in [2.45, 2.75) is 25.9 Å². The summed E-state index contributed by atoms with van der Waals surface area (Å²) in [7, 11) is 1.64. The summed E-state index contributed by atoms with van der Waals surface area (Å²) in [6.45, 7) is 3.85. The summed E-state index contributed by atoms with van der Waals surface area (Å²) >= 11 is 1.53. The normalized spacial score (nSPS) is 14.5. The second-order valence-corrected chi connectivity index (χ2v) is 8.00. The number of aromatic nitrogens is 1. The molecule has 1 aliphatic rings. The smallest absolute Gasteiger partial charge is 0.321 e. The Morgan fingerprint density at radius 1 is 1.17 bits per heavy atom. The van der Waals surface area contributed by atoms with E-state index < -0.39 is 0 Å². The Kier molecular flexibility index (Phi) is 6.23. The average molecular weight is 428 g/mol. The quantitative estimate of drug-likeness (QED) is 0.613. The van der Waals surface area contributed by atoms with Crippen molar-refractivity contribution >= 4 is 33.3 Å². The molecular formula is C22H25N3O4S. The highest BCUT2D eigenvalue weighted by atomic mass is 32.1. The van der Waals surface area contributed by atoms with Crippen LogP contribution < -0.4 is 19.5 Å². The van der Waals surface area contributed by atoms with Crippen LogP contribution in [0.25, 0.3) is 10.2 Å². The topological polar surface area (TPSA) is 72.9 Å². The van der Waals surface area contributed by atoms with Crippen molar-refractivity contribution in [3.63, 3.8) is 0 Å². The maximum Gasteiger partial charge on any atom is 0.321 e. The van der Waals surface area contributed by atoms with Crippen LogP contribution >= 0.6 is 11.3 Å². The number of hydrogen-bond acceptors (Lipinski definition) is 6. The van der Waals surface area contributed by atoms with Gasteiger partial charge in [-0.25, -0.2) is 9.78 Å². The molecule has 0 unspecified atom stereocenters. The van der Waals surface area contributed by atoms with Crippen molar-refractivity contribution in [3.8, 4) is 16.7 Å². The minimum absolute atomic E-state index is 0.0574. The van der Waals surface area contributed by atoms with E-state index in [2.05, 4.69) is 10.3 Å². The summed E-state index contributed by atoms with van der Waals surface area (Å²) in [6.07, 6.45) is 1.60. The van der Waals surface area contributed by atoms with Crippen LogP contribution in [0, 0.1) is 0 Å². The van der Waals surface area contributed by atoms with Crippen molar-refractivity contribution in [3.05, 3.63) is 42.5 Å². The second kappa shape index (κ2) is 9.21. The number of benzene rings is 2. The van der Waals surface area contributed by atoms with Gasteiger partial charge in [0.25, 0.3) is 5.19 Å². The fourth-order valence-electron chi connectivity index (χ4n) is 3.39. The number of nitrogens with one attached hydrogen (secondary N) is 1. The van der Waals surface area contributed by atoms with Gasteiger partial charge in [0.2, 0.25) is 0 Å². The molecule has 3 aromatic rings. The highest BCUT2D eigenvalue weighted by Crippen LogP contribution is 2.32. The number of methoxy groups -OCH3 is 1. The van der Waals surface area contributed by atoms with Gasteiger partial charge < -0.3 is 24.4 Å². The zero-order valence-corrected chi connectivity index (χ0v) is 17.9. The van der Waals surface area contributed by atoms with E-state index in [0.29, 0.717) is 24.9 Å². The highest BCUT2D eigenvalue weighted by molar-refractivity contribution is 7.20. The van der Waals surface area contributed by atoms with Crippen LogP contribution in [-0.2, 0) is 0 Å². The maximum absolute atomic E-state index is 12.5. The molecule has 4 rings (SSSR count). The standard InChI is InChI=1S/C22H25N3O4S/c1-3-28-16-6-4-15(5-7-16)23-21(26)25-12-10-17(11-13-25)29-22-24-19-14-18(27-2)8-9-20(19)30-22/h4-9,14,17H,3,10-13H2,1-2H3,(H,23,26). The number of nitrogens with zero attached hydrogens (tertiary/aromatic N) is 2. The summed E-state index contributed by atoms with van der Waals surface area (Å²) in [5.41, 5.74) is 1.63. The van der Waals surface area contributed by atoms with Crippen molar-refractivity contribution < 1.29 is 19.0 Å². The number of fused-ring (bicyclic) bond motifs is 1. The van der Waals surface area contributed by atoms with Gasteiger partial charge >= 0.3 is 6.03 Å². The summed E-state index contributed by atoms with van der Waals surface area (Å²) in [5.74, 6) is 1.58. The first kappa shape index (κ1) is 20.3. The van der Waals surface area contributed by atoms with Gasteiger partial charge in [0.1, 0.15) is 17.6 Å². The zero-order chi connectivity index (χ0) is 20.9. The van der Waals surface area contributed by atoms with Gasteiger partial charge in [-0.2, -0.15) is 0 Å². The number of thiazole rings is 1. The number of carbonyl (C=O) groups is 1. The van der Waals surface area contributed by atoms with Gasteiger partial charge in [-0.05, 0) is 43.3 Å². The largest absolute Gasteiger partial charge is 0.497 e. The fourth-order valence-corrected chi connectivity index (χ4v) is 4.25. The number of carbonyl (C=O) groups excluding carboxylic acids is 1. The van der Waals surface area contributed by atoms with Gasteiger partial charge in [-0.3, -0.25) is 0 Å². The van der Waals surface area contributed by atoms with Crippen LogP contribution in [0.4, 0.5) is 10.5 Å². The van der Waals surface area contributed by atoms with Crippen molar-refractivity contribution in [2.24, 2.45) is 0 Å². The fraction of sp³-hybridized carbons (Fsp3) is 0.364. The molecule has 0 aliphatic carbocycles. The van der Waals surface area contributed by atoms with Crippen LogP contribution in [0.15, 0.2) is 42.5 Å². The SMILES string of the molecule is CCOc1ccc(NC(=O)N2CCC(Oc3nc4cc(OC)ccc4s3)CC2)cc1. The number of anilines is 1. The molecule has 1 fully saturated rings. The highest BCUT2D eigenvalue weighted by Gasteiger charge is 2.25. The average Bonchev–Trinajstić information content (AvgIpc) is 3.17. The molecule has 1 N–H and O–H groups in total. The molecular weight excluding hydrogens is 402 g/mol. The molecule has 2 aromatic carbocycles. The maximum atomic E-state index is 12.5. The number of likely N-dealkylation sites (tertiary alicyclic amines) is 1. The van der Waals surface area contributed by atoms with Gasteiger partial charge in [-0.15, -0.1) is 0 Å². The number of urea groups is 1. The molecule has 0 bridgehead atoms. The Morgan fingerprint density at radius 2 is 1.90 bits per heavy atom. The van der Waals surface area contributed by atoms with Gasteiger partial charge in [0.15, 0.2) is 0 Å². The number of ether oxygens (including phenoxy) is 3. The summed E-state index contributed by atoms with van der Waals surface area (Å²) in [4.78, 5) is 18.9. The van der Waals surface area contributed by atoms with Crippen LogP contribution in [0.1, 0.15) is 19.8 Å². The third-order valence-electron chi connectivity index (χ3n) is 4.99. The first-order chi connectivity index (χ1) is 14.6. The lowest BCUT2D eigenvalue weighted by Gasteiger charge is -2.31. The predicted octanol–water partition coefficient (Wildman–Crippen LogP) is 4.78. The molecule has 2 amide bonds. The first-order valence-corrected chi connectivity index (χ1v) is 10.9. The number of amides is 2. The van der Waals surface area contributed by atoms with E-state index in [4.69, 9.17) is 14.2 Å². The molecule has 0 atom stereocenters. The lowest BCUT2D eigenvalue weighted by Crippen LogP contribution is -2.43. The van der Waals surface area contributed by atoms with E-state index >= 15 is 0 Å². The Balaban J connectivity index is 1.28. The molecule has 0 spiro atoms. The monoisotopic (exact) mass is 427 g/mol. The van der Waals surface area contributed by atoms with E-state index in [1.807, 2.05) is 54.3 Å². The summed E-state index contributed by atoms with van der Waals surface area (Å²) in [5, 5.41) is 3.61. The molecule has 7 nitrogen and oxygen atoms in total. The molecule has 1 aliphatic heterocycles. The lowest BCUT2D eigenvalue weighted by molar-refractivity contribution is 0.115. The zero-order valence-electron chi connectivity index (χ0n) is 17.1. The molecule has 0 radical (unpaired) electrons. The van der Waals surface area contributed by atoms with E-state index in [1.54, 1.807) is 7.11 Å². The molecule has 8 heteroatoms. The molecule has 1 saturated heterocycles. The second-order valence-electron chi connectivity index (χ2n) is 7.01. The first-order valence-electron chi connectivity index (χ1n) is 10.0. The van der Waals surface area contributed by atoms with E-state index in [9.17, 15) is 4.79 Å². The lowest BCUT2D eigenvalue weighted by atomic mass is 10.1. The number of hydrogen-bond donors (Lipinski definition) is 1. The summed E-state index contributed by atoms with van der Waals surface area (Å²) in [6, 6.07) is 13.1. The number of rotatable bonds is 6. The summed E-state index contributed by atoms with van der Waals surface area (Å²) < 4.78 is 17.8. The Morgan fingerprint density at radius 3 is 2.60 bits per heavy atom. The molecule has 1 aromatic heterocycles. The Hall–Kier alpha value is -3.00. The molecule has 30 heavy (non-hydrogen) atoms. The van der Waals surface area contributed by atoms with Gasteiger partial charge in [0, 0.05) is 37.7 Å². The third-order valence-corrected chi connectivity index (χ3v) is 5.92. The van der Waals surface area contributed by atoms with E-state index in [-0.39, 0.29) is 12.1 Å². The van der Waals surface area contributed by atoms with E-state index in [1.165, 1.54) is 11.3 Å². The Bertz CT molecular complexity index is 997. The van der Waals surface area contributed by atoms with Gasteiger partial charge in [0.05, 0.1) is 23.9 Å². The third kappa shape index (κ3) is 4.76. The van der Waals surface area contributed by atoms with Crippen LogP contribution in [-0.4, -0.2) is 48.8 Å². The van der Waals surface area contributed by atoms with Crippen LogP contribution in [0.2, 0.25) is 0 Å². The molecule has 158 valence electrons. The predicted molar refractivity (Wildman–Crippen MR) is 118 cm³/mol. The van der Waals surface area contributed by atoms with E-state index in [0.717, 1.165) is 40.2 Å². The van der Waals surface area contributed by atoms with Crippen molar-refractivity contribution in [1.29, 1.82) is 0 Å².